The minimum absolute atomic E-state index is 0.147. The first-order chi connectivity index (χ1) is 8.26. The number of aromatic nitrogens is 1. The minimum atomic E-state index is 0.147. The van der Waals surface area contributed by atoms with Gasteiger partial charge in [-0.05, 0) is 29.8 Å². The highest BCUT2D eigenvalue weighted by atomic mass is 79.9. The van der Waals surface area contributed by atoms with E-state index in [1.165, 1.54) is 5.56 Å². The number of hydrogen-bond donors (Lipinski definition) is 2. The molecule has 0 spiro atoms. The van der Waals surface area contributed by atoms with Gasteiger partial charge < -0.3 is 15.5 Å². The Morgan fingerprint density at radius 3 is 2.82 bits per heavy atom. The van der Waals surface area contributed by atoms with Crippen molar-refractivity contribution in [1.82, 2.24) is 4.98 Å². The summed E-state index contributed by atoms with van der Waals surface area (Å²) in [6.07, 6.45) is 3.88. The lowest BCUT2D eigenvalue weighted by molar-refractivity contribution is 0.407. The van der Waals surface area contributed by atoms with Crippen molar-refractivity contribution in [3.8, 4) is 5.75 Å². The molecule has 0 bridgehead atoms. The number of halogens is 1. The van der Waals surface area contributed by atoms with E-state index >= 15 is 0 Å². The number of methoxy groups -OCH3 is 1. The molecule has 2 rings (SSSR count). The van der Waals surface area contributed by atoms with Crippen molar-refractivity contribution in [2.45, 2.75) is 5.92 Å². The van der Waals surface area contributed by atoms with E-state index in [1.54, 1.807) is 7.11 Å². The maximum atomic E-state index is 5.88. The van der Waals surface area contributed by atoms with Crippen LogP contribution in [-0.4, -0.2) is 18.6 Å². The lowest BCUT2D eigenvalue weighted by Gasteiger charge is -2.17. The van der Waals surface area contributed by atoms with Crippen molar-refractivity contribution in [3.05, 3.63) is 52.3 Å². The highest BCUT2D eigenvalue weighted by Gasteiger charge is 2.17. The lowest BCUT2D eigenvalue weighted by Crippen LogP contribution is -2.14. The molecule has 4 heteroatoms. The van der Waals surface area contributed by atoms with Crippen LogP contribution in [0.15, 0.2) is 41.1 Å². The molecule has 0 fully saturated rings. The first-order valence-electron chi connectivity index (χ1n) is 5.42. The third-order valence-electron chi connectivity index (χ3n) is 2.83. The summed E-state index contributed by atoms with van der Waals surface area (Å²) in [6, 6.07) is 8.02. The average Bonchev–Trinajstić information content (AvgIpc) is 2.84. The van der Waals surface area contributed by atoms with Gasteiger partial charge in [0.05, 0.1) is 7.11 Å². The number of nitrogens with two attached hydrogens (primary N) is 1. The van der Waals surface area contributed by atoms with Crippen molar-refractivity contribution >= 4 is 15.9 Å². The number of rotatable bonds is 4. The molecule has 1 aromatic heterocycles. The summed E-state index contributed by atoms with van der Waals surface area (Å²) in [6.45, 7) is 0.546. The van der Waals surface area contributed by atoms with Crippen LogP contribution >= 0.6 is 15.9 Å². The van der Waals surface area contributed by atoms with E-state index in [0.29, 0.717) is 6.54 Å². The Kier molecular flexibility index (Phi) is 3.86. The highest BCUT2D eigenvalue weighted by Crippen LogP contribution is 2.33. The normalized spacial score (nSPS) is 12.4. The molecule has 1 aromatic carbocycles. The van der Waals surface area contributed by atoms with Crippen LogP contribution in [0, 0.1) is 0 Å². The summed E-state index contributed by atoms with van der Waals surface area (Å²) < 4.78 is 6.42. The Balaban J connectivity index is 2.46. The van der Waals surface area contributed by atoms with Gasteiger partial charge in [0.25, 0.3) is 0 Å². The standard InChI is InChI=1S/C13H15BrN2O/c1-17-13-3-2-10(14)6-11(13)12(7-15)9-4-5-16-8-9/h2-6,8,12,16H,7,15H2,1H3. The van der Waals surface area contributed by atoms with Gasteiger partial charge in [-0.3, -0.25) is 0 Å². The largest absolute Gasteiger partial charge is 0.496 e. The van der Waals surface area contributed by atoms with Crippen molar-refractivity contribution < 1.29 is 4.74 Å². The van der Waals surface area contributed by atoms with Gasteiger partial charge in [-0.1, -0.05) is 15.9 Å². The van der Waals surface area contributed by atoms with E-state index in [9.17, 15) is 0 Å². The van der Waals surface area contributed by atoms with Gasteiger partial charge in [-0.25, -0.2) is 0 Å². The lowest BCUT2D eigenvalue weighted by atomic mass is 9.92. The zero-order valence-electron chi connectivity index (χ0n) is 9.61. The third-order valence-corrected chi connectivity index (χ3v) is 3.32. The molecule has 0 aliphatic rings. The Bertz CT molecular complexity index is 482. The summed E-state index contributed by atoms with van der Waals surface area (Å²) >= 11 is 3.48. The van der Waals surface area contributed by atoms with E-state index in [1.807, 2.05) is 30.6 Å². The molecular formula is C13H15BrN2O. The smallest absolute Gasteiger partial charge is 0.122 e. The predicted molar refractivity (Wildman–Crippen MR) is 72.4 cm³/mol. The molecule has 3 N–H and O–H groups in total. The fourth-order valence-electron chi connectivity index (χ4n) is 1.97. The second-order valence-electron chi connectivity index (χ2n) is 3.82. The summed E-state index contributed by atoms with van der Waals surface area (Å²) in [5, 5.41) is 0. The first kappa shape index (κ1) is 12.2. The Labute approximate surface area is 109 Å². The minimum Gasteiger partial charge on any atom is -0.496 e. The molecular weight excluding hydrogens is 280 g/mol. The van der Waals surface area contributed by atoms with E-state index in [0.717, 1.165) is 15.8 Å². The SMILES string of the molecule is COc1ccc(Br)cc1C(CN)c1cc[nH]c1. The molecule has 0 saturated heterocycles. The van der Waals surface area contributed by atoms with Crippen LogP contribution in [-0.2, 0) is 0 Å². The van der Waals surface area contributed by atoms with Crippen LogP contribution in [0.5, 0.6) is 5.75 Å². The molecule has 17 heavy (non-hydrogen) atoms. The summed E-state index contributed by atoms with van der Waals surface area (Å²) in [5.41, 5.74) is 8.16. The monoisotopic (exact) mass is 294 g/mol. The van der Waals surface area contributed by atoms with Crippen LogP contribution in [0.25, 0.3) is 0 Å². The van der Waals surface area contributed by atoms with Crippen molar-refractivity contribution in [3.63, 3.8) is 0 Å². The van der Waals surface area contributed by atoms with Gasteiger partial charge in [0.1, 0.15) is 5.75 Å². The van der Waals surface area contributed by atoms with Crippen molar-refractivity contribution in [1.29, 1.82) is 0 Å². The second-order valence-corrected chi connectivity index (χ2v) is 4.73. The number of H-pyrrole nitrogens is 1. The van der Waals surface area contributed by atoms with Crippen LogP contribution in [0.3, 0.4) is 0 Å². The number of benzene rings is 1. The van der Waals surface area contributed by atoms with E-state index in [2.05, 4.69) is 27.0 Å². The molecule has 0 aliphatic heterocycles. The van der Waals surface area contributed by atoms with Gasteiger partial charge in [-0.2, -0.15) is 0 Å². The van der Waals surface area contributed by atoms with Crippen LogP contribution in [0.1, 0.15) is 17.0 Å². The molecule has 1 unspecified atom stereocenters. The molecule has 0 radical (unpaired) electrons. The van der Waals surface area contributed by atoms with Gasteiger partial charge in [-0.15, -0.1) is 0 Å². The molecule has 3 nitrogen and oxygen atoms in total. The quantitative estimate of drug-likeness (QED) is 0.911. The first-order valence-corrected chi connectivity index (χ1v) is 6.21. The average molecular weight is 295 g/mol. The van der Waals surface area contributed by atoms with E-state index in [4.69, 9.17) is 10.5 Å². The zero-order valence-corrected chi connectivity index (χ0v) is 11.2. The van der Waals surface area contributed by atoms with Crippen LogP contribution in [0.2, 0.25) is 0 Å². The number of ether oxygens (including phenoxy) is 1. The van der Waals surface area contributed by atoms with Crippen molar-refractivity contribution in [2.24, 2.45) is 5.73 Å². The maximum Gasteiger partial charge on any atom is 0.122 e. The van der Waals surface area contributed by atoms with Crippen LogP contribution < -0.4 is 10.5 Å². The highest BCUT2D eigenvalue weighted by molar-refractivity contribution is 9.10. The third kappa shape index (κ3) is 2.53. The molecule has 0 amide bonds. The summed E-state index contributed by atoms with van der Waals surface area (Å²) in [5.74, 6) is 1.01. The fraction of sp³-hybridized carbons (Fsp3) is 0.231. The number of nitrogens with one attached hydrogen (secondary N) is 1. The van der Waals surface area contributed by atoms with Crippen molar-refractivity contribution in [2.75, 3.05) is 13.7 Å². The fourth-order valence-corrected chi connectivity index (χ4v) is 2.35. The molecule has 0 saturated carbocycles. The van der Waals surface area contributed by atoms with Gasteiger partial charge in [0.2, 0.25) is 0 Å². The molecule has 1 heterocycles. The molecule has 2 aromatic rings. The molecule has 1 atom stereocenters. The summed E-state index contributed by atoms with van der Waals surface area (Å²) in [7, 11) is 1.68. The molecule has 90 valence electrons. The zero-order chi connectivity index (χ0) is 12.3. The van der Waals surface area contributed by atoms with Crippen LogP contribution in [0.4, 0.5) is 0 Å². The Hall–Kier alpha value is -1.26. The van der Waals surface area contributed by atoms with E-state index in [-0.39, 0.29) is 5.92 Å². The van der Waals surface area contributed by atoms with Gasteiger partial charge in [0, 0.05) is 34.9 Å². The Morgan fingerprint density at radius 2 is 2.24 bits per heavy atom. The van der Waals surface area contributed by atoms with Gasteiger partial charge in [0.15, 0.2) is 0 Å². The Morgan fingerprint density at radius 1 is 1.41 bits per heavy atom. The number of aromatic amines is 1. The molecule has 0 aliphatic carbocycles. The summed E-state index contributed by atoms with van der Waals surface area (Å²) in [4.78, 5) is 3.06. The maximum absolute atomic E-state index is 5.88. The topological polar surface area (TPSA) is 51.0 Å². The van der Waals surface area contributed by atoms with E-state index < -0.39 is 0 Å². The predicted octanol–water partition coefficient (Wildman–Crippen LogP) is 2.88. The number of hydrogen-bond acceptors (Lipinski definition) is 2. The van der Waals surface area contributed by atoms with Gasteiger partial charge >= 0.3 is 0 Å². The second kappa shape index (κ2) is 5.38.